The quantitative estimate of drug-likeness (QED) is 0.875. The monoisotopic (exact) mass is 283 g/mol. The highest BCUT2D eigenvalue weighted by Crippen LogP contribution is 2.28. The highest BCUT2D eigenvalue weighted by Gasteiger charge is 2.33. The van der Waals surface area contributed by atoms with E-state index >= 15 is 0 Å². The predicted octanol–water partition coefficient (Wildman–Crippen LogP) is 1.17. The van der Waals surface area contributed by atoms with E-state index in [1.807, 2.05) is 0 Å². The van der Waals surface area contributed by atoms with Gasteiger partial charge in [-0.1, -0.05) is 0 Å². The molecule has 2 aliphatic heterocycles. The van der Waals surface area contributed by atoms with Crippen LogP contribution in [0.4, 0.5) is 0 Å². The van der Waals surface area contributed by atoms with Crippen LogP contribution in [0.5, 0.6) is 0 Å². The molecule has 2 saturated heterocycles. The van der Waals surface area contributed by atoms with Crippen LogP contribution in [0.2, 0.25) is 0 Å². The van der Waals surface area contributed by atoms with Gasteiger partial charge in [-0.25, -0.2) is 8.42 Å². The predicted molar refractivity (Wildman–Crippen MR) is 73.3 cm³/mol. The van der Waals surface area contributed by atoms with E-state index in [-0.39, 0.29) is 0 Å². The maximum Gasteiger partial charge on any atom is 0.244 e. The van der Waals surface area contributed by atoms with Crippen LogP contribution >= 0.6 is 0 Å². The molecule has 0 saturated carbocycles. The highest BCUT2D eigenvalue weighted by molar-refractivity contribution is 7.89. The molecule has 0 radical (unpaired) electrons. The van der Waals surface area contributed by atoms with Crippen molar-refractivity contribution in [1.29, 1.82) is 0 Å². The summed E-state index contributed by atoms with van der Waals surface area (Å²) >= 11 is 0. The van der Waals surface area contributed by atoms with Gasteiger partial charge in [-0.2, -0.15) is 4.31 Å². The Hall–Kier alpha value is -0.850. The average Bonchev–Trinajstić information content (AvgIpc) is 3.12. The van der Waals surface area contributed by atoms with Crippen molar-refractivity contribution in [2.75, 3.05) is 19.6 Å². The van der Waals surface area contributed by atoms with Crippen molar-refractivity contribution in [1.82, 2.24) is 14.6 Å². The Bertz CT molecular complexity index is 498. The third kappa shape index (κ3) is 2.57. The van der Waals surface area contributed by atoms with Crippen LogP contribution in [0.1, 0.15) is 25.7 Å². The number of hydrogen-bond donors (Lipinski definition) is 2. The van der Waals surface area contributed by atoms with Crippen molar-refractivity contribution in [3.05, 3.63) is 18.5 Å². The molecule has 0 spiro atoms. The number of nitrogens with zero attached hydrogens (tertiary/aromatic N) is 1. The molecule has 2 N–H and O–H groups in total. The Morgan fingerprint density at radius 2 is 2.00 bits per heavy atom. The first-order chi connectivity index (χ1) is 9.18. The summed E-state index contributed by atoms with van der Waals surface area (Å²) in [6.07, 6.45) is 7.66. The van der Waals surface area contributed by atoms with E-state index in [9.17, 15) is 8.42 Å². The summed E-state index contributed by atoms with van der Waals surface area (Å²) < 4.78 is 26.4. The van der Waals surface area contributed by atoms with Gasteiger partial charge in [0.1, 0.15) is 0 Å². The number of hydrogen-bond acceptors (Lipinski definition) is 3. The Labute approximate surface area is 114 Å². The minimum Gasteiger partial charge on any atom is -0.366 e. The summed E-state index contributed by atoms with van der Waals surface area (Å²) in [7, 11) is -3.28. The largest absolute Gasteiger partial charge is 0.366 e. The SMILES string of the molecule is O=S(=O)(c1cc[nH]c1)N1CCC(C2CCCN2)CC1. The molecule has 3 rings (SSSR count). The second-order valence-corrected chi connectivity index (χ2v) is 7.43. The summed E-state index contributed by atoms with van der Waals surface area (Å²) in [5.41, 5.74) is 0. The Morgan fingerprint density at radius 1 is 1.21 bits per heavy atom. The lowest BCUT2D eigenvalue weighted by molar-refractivity contribution is 0.234. The molecule has 5 nitrogen and oxygen atoms in total. The lowest BCUT2D eigenvalue weighted by atomic mass is 9.89. The van der Waals surface area contributed by atoms with E-state index in [1.165, 1.54) is 12.8 Å². The van der Waals surface area contributed by atoms with Crippen LogP contribution in [0.15, 0.2) is 23.4 Å². The fourth-order valence-corrected chi connectivity index (χ4v) is 4.70. The average molecular weight is 283 g/mol. The summed E-state index contributed by atoms with van der Waals surface area (Å²) in [6.45, 7) is 2.42. The number of aromatic amines is 1. The first-order valence-corrected chi connectivity index (χ1v) is 8.48. The number of nitrogens with one attached hydrogen (secondary N) is 2. The lowest BCUT2D eigenvalue weighted by Crippen LogP contribution is -2.43. The third-order valence-electron chi connectivity index (χ3n) is 4.37. The van der Waals surface area contributed by atoms with Gasteiger partial charge >= 0.3 is 0 Å². The van der Waals surface area contributed by atoms with Crippen molar-refractivity contribution >= 4 is 10.0 Å². The number of rotatable bonds is 3. The minimum absolute atomic E-state index is 0.380. The zero-order valence-electron chi connectivity index (χ0n) is 11.0. The summed E-state index contributed by atoms with van der Waals surface area (Å²) in [6, 6.07) is 2.23. The minimum atomic E-state index is -3.28. The second kappa shape index (κ2) is 5.26. The van der Waals surface area contributed by atoms with Crippen molar-refractivity contribution in [3.8, 4) is 0 Å². The van der Waals surface area contributed by atoms with E-state index in [0.717, 1.165) is 19.4 Å². The molecular weight excluding hydrogens is 262 g/mol. The molecule has 1 unspecified atom stereocenters. The van der Waals surface area contributed by atoms with Gasteiger partial charge in [0.2, 0.25) is 10.0 Å². The van der Waals surface area contributed by atoms with Gasteiger partial charge in [0.25, 0.3) is 0 Å². The molecule has 2 aliphatic rings. The number of aromatic nitrogens is 1. The molecule has 0 aromatic carbocycles. The van der Waals surface area contributed by atoms with Crippen LogP contribution in [0, 0.1) is 5.92 Å². The normalized spacial score (nSPS) is 26.8. The number of sulfonamides is 1. The number of piperidine rings is 1. The molecule has 19 heavy (non-hydrogen) atoms. The Balaban J connectivity index is 1.64. The number of H-pyrrole nitrogens is 1. The Kier molecular flexibility index (Phi) is 3.64. The third-order valence-corrected chi connectivity index (χ3v) is 6.27. The highest BCUT2D eigenvalue weighted by atomic mass is 32.2. The van der Waals surface area contributed by atoms with Crippen molar-refractivity contribution in [2.45, 2.75) is 36.6 Å². The Morgan fingerprint density at radius 3 is 2.58 bits per heavy atom. The van der Waals surface area contributed by atoms with Crippen LogP contribution in [-0.4, -0.2) is 43.4 Å². The first kappa shape index (κ1) is 13.1. The van der Waals surface area contributed by atoms with Gasteiger partial charge in [0.15, 0.2) is 0 Å². The van der Waals surface area contributed by atoms with Gasteiger partial charge in [0, 0.05) is 31.5 Å². The maximum atomic E-state index is 12.4. The molecule has 0 bridgehead atoms. The molecular formula is C13H21N3O2S. The van der Waals surface area contributed by atoms with Gasteiger partial charge in [0.05, 0.1) is 4.90 Å². The molecule has 0 amide bonds. The van der Waals surface area contributed by atoms with E-state index in [0.29, 0.717) is 29.9 Å². The molecule has 3 heterocycles. The van der Waals surface area contributed by atoms with Crippen molar-refractivity contribution < 1.29 is 8.42 Å². The van der Waals surface area contributed by atoms with Crippen LogP contribution in [0.3, 0.4) is 0 Å². The van der Waals surface area contributed by atoms with Crippen LogP contribution < -0.4 is 5.32 Å². The van der Waals surface area contributed by atoms with Gasteiger partial charge in [-0.05, 0) is 44.2 Å². The van der Waals surface area contributed by atoms with Gasteiger partial charge in [-0.15, -0.1) is 0 Å². The summed E-state index contributed by atoms with van der Waals surface area (Å²) in [4.78, 5) is 3.19. The molecule has 106 valence electrons. The van der Waals surface area contributed by atoms with E-state index in [2.05, 4.69) is 10.3 Å². The van der Waals surface area contributed by atoms with E-state index in [4.69, 9.17) is 0 Å². The van der Waals surface area contributed by atoms with Crippen LogP contribution in [-0.2, 0) is 10.0 Å². The second-order valence-electron chi connectivity index (χ2n) is 5.49. The maximum absolute atomic E-state index is 12.4. The topological polar surface area (TPSA) is 65.2 Å². The lowest BCUT2D eigenvalue weighted by Gasteiger charge is -2.34. The fourth-order valence-electron chi connectivity index (χ4n) is 3.25. The standard InChI is InChI=1S/C13H21N3O2S/c17-19(18,12-3-7-14-10-12)16-8-4-11(5-9-16)13-2-1-6-15-13/h3,7,10-11,13-15H,1-2,4-6,8-9H2. The molecule has 2 fully saturated rings. The van der Waals surface area contributed by atoms with Gasteiger partial charge < -0.3 is 10.3 Å². The van der Waals surface area contributed by atoms with Crippen molar-refractivity contribution in [2.24, 2.45) is 5.92 Å². The summed E-state index contributed by atoms with van der Waals surface area (Å²) in [5, 5.41) is 3.53. The zero-order chi connectivity index (χ0) is 13.3. The first-order valence-electron chi connectivity index (χ1n) is 7.04. The molecule has 1 aromatic rings. The summed E-state index contributed by atoms with van der Waals surface area (Å²) in [5.74, 6) is 0.639. The molecule has 1 aromatic heterocycles. The molecule has 0 aliphatic carbocycles. The smallest absolute Gasteiger partial charge is 0.244 e. The molecule has 1 atom stereocenters. The van der Waals surface area contributed by atoms with Crippen LogP contribution in [0.25, 0.3) is 0 Å². The van der Waals surface area contributed by atoms with Crippen molar-refractivity contribution in [3.63, 3.8) is 0 Å². The zero-order valence-corrected chi connectivity index (χ0v) is 11.8. The van der Waals surface area contributed by atoms with E-state index < -0.39 is 10.0 Å². The molecule has 6 heteroatoms. The fraction of sp³-hybridized carbons (Fsp3) is 0.692. The van der Waals surface area contributed by atoms with Gasteiger partial charge in [-0.3, -0.25) is 0 Å². The van der Waals surface area contributed by atoms with E-state index in [1.54, 1.807) is 22.8 Å².